The van der Waals surface area contributed by atoms with E-state index in [1.54, 1.807) is 21.9 Å². The van der Waals surface area contributed by atoms with Crippen molar-refractivity contribution < 1.29 is 18.8 Å². The maximum Gasteiger partial charge on any atom is 0.312 e. The summed E-state index contributed by atoms with van der Waals surface area (Å²) in [6.45, 7) is 2.50. The minimum atomic E-state index is -0.487. The molecular weight excluding hydrogens is 346 g/mol. The first-order valence-corrected chi connectivity index (χ1v) is 9.11. The Morgan fingerprint density at radius 1 is 0.741 bits per heavy atom. The Bertz CT molecular complexity index is 854. The quantitative estimate of drug-likeness (QED) is 0.709. The predicted octanol–water partition coefficient (Wildman–Crippen LogP) is 1.15. The van der Waals surface area contributed by atoms with Crippen molar-refractivity contribution in [3.63, 3.8) is 0 Å². The monoisotopic (exact) mass is 367 g/mol. The highest BCUT2D eigenvalue weighted by molar-refractivity contribution is 6.34. The third-order valence-electron chi connectivity index (χ3n) is 5.19. The van der Waals surface area contributed by atoms with Crippen molar-refractivity contribution in [2.24, 2.45) is 0 Å². The van der Waals surface area contributed by atoms with Gasteiger partial charge in [-0.05, 0) is 29.7 Å². The fourth-order valence-electron chi connectivity index (χ4n) is 3.61. The van der Waals surface area contributed by atoms with Crippen LogP contribution in [0.25, 0.3) is 0 Å². The van der Waals surface area contributed by atoms with E-state index in [1.807, 2.05) is 18.2 Å². The molecule has 7 heteroatoms. The van der Waals surface area contributed by atoms with Crippen LogP contribution in [0.4, 0.5) is 0 Å². The summed E-state index contributed by atoms with van der Waals surface area (Å²) >= 11 is 0. The lowest BCUT2D eigenvalue weighted by molar-refractivity contribution is -0.153. The smallest absolute Gasteiger partial charge is 0.312 e. The largest absolute Gasteiger partial charge is 0.459 e. The first kappa shape index (κ1) is 17.3. The summed E-state index contributed by atoms with van der Waals surface area (Å²) in [6, 6.07) is 11.3. The van der Waals surface area contributed by atoms with Gasteiger partial charge in [0.05, 0.1) is 6.26 Å². The van der Waals surface area contributed by atoms with Crippen LogP contribution in [0.3, 0.4) is 0 Å². The van der Waals surface area contributed by atoms with E-state index in [0.29, 0.717) is 39.3 Å². The van der Waals surface area contributed by atoms with Crippen LogP contribution < -0.4 is 0 Å². The molecule has 2 aliphatic rings. The molecular formula is C20H21N3O4. The lowest BCUT2D eigenvalue weighted by atomic mass is 10.00. The van der Waals surface area contributed by atoms with Crippen LogP contribution in [0.5, 0.6) is 0 Å². The zero-order chi connectivity index (χ0) is 18.8. The van der Waals surface area contributed by atoms with Gasteiger partial charge >= 0.3 is 11.8 Å². The van der Waals surface area contributed by atoms with E-state index < -0.39 is 11.8 Å². The van der Waals surface area contributed by atoms with Gasteiger partial charge in [0.25, 0.3) is 5.91 Å². The van der Waals surface area contributed by atoms with Crippen LogP contribution >= 0.6 is 0 Å². The molecule has 1 aromatic carbocycles. The normalized spacial score (nSPS) is 16.8. The lowest BCUT2D eigenvalue weighted by Gasteiger charge is -2.35. The van der Waals surface area contributed by atoms with Crippen LogP contribution in [-0.2, 0) is 22.6 Å². The number of fused-ring (bicyclic) bond motifs is 1. The average Bonchev–Trinajstić information content (AvgIpc) is 3.27. The number of carbonyl (C=O) groups excluding carboxylic acids is 3. The number of amides is 3. The van der Waals surface area contributed by atoms with E-state index in [9.17, 15) is 14.4 Å². The van der Waals surface area contributed by atoms with E-state index in [2.05, 4.69) is 6.07 Å². The second-order valence-corrected chi connectivity index (χ2v) is 6.81. The van der Waals surface area contributed by atoms with Crippen LogP contribution in [0.1, 0.15) is 21.7 Å². The highest BCUT2D eigenvalue weighted by atomic mass is 16.3. The van der Waals surface area contributed by atoms with Crippen molar-refractivity contribution in [2.45, 2.75) is 13.0 Å². The number of hydrogen-bond acceptors (Lipinski definition) is 4. The zero-order valence-electron chi connectivity index (χ0n) is 15.0. The maximum absolute atomic E-state index is 12.6. The topological polar surface area (TPSA) is 74.1 Å². The van der Waals surface area contributed by atoms with Gasteiger partial charge in [0.2, 0.25) is 0 Å². The molecule has 2 aliphatic heterocycles. The highest BCUT2D eigenvalue weighted by Crippen LogP contribution is 2.19. The summed E-state index contributed by atoms with van der Waals surface area (Å²) in [7, 11) is 0. The zero-order valence-corrected chi connectivity index (χ0v) is 15.0. The van der Waals surface area contributed by atoms with Gasteiger partial charge < -0.3 is 19.1 Å². The Kier molecular flexibility index (Phi) is 4.66. The molecule has 0 saturated carbocycles. The van der Waals surface area contributed by atoms with Gasteiger partial charge in [-0.3, -0.25) is 14.4 Å². The van der Waals surface area contributed by atoms with E-state index in [0.717, 1.165) is 12.0 Å². The summed E-state index contributed by atoms with van der Waals surface area (Å²) in [4.78, 5) is 42.4. The van der Waals surface area contributed by atoms with E-state index in [-0.39, 0.29) is 11.7 Å². The number of hydrogen-bond donors (Lipinski definition) is 0. The summed E-state index contributed by atoms with van der Waals surface area (Å²) in [5, 5.41) is 0. The molecule has 7 nitrogen and oxygen atoms in total. The first-order valence-electron chi connectivity index (χ1n) is 9.11. The summed E-state index contributed by atoms with van der Waals surface area (Å²) < 4.78 is 5.14. The molecule has 0 aliphatic carbocycles. The molecule has 3 heterocycles. The van der Waals surface area contributed by atoms with Crippen molar-refractivity contribution in [1.29, 1.82) is 0 Å². The van der Waals surface area contributed by atoms with E-state index in [1.165, 1.54) is 16.7 Å². The fraction of sp³-hybridized carbons (Fsp3) is 0.350. The number of nitrogens with zero attached hydrogens (tertiary/aromatic N) is 3. The maximum atomic E-state index is 12.6. The number of carbonyl (C=O) groups is 3. The molecule has 0 radical (unpaired) electrons. The van der Waals surface area contributed by atoms with Gasteiger partial charge in [-0.25, -0.2) is 0 Å². The van der Waals surface area contributed by atoms with Crippen LogP contribution in [0.2, 0.25) is 0 Å². The van der Waals surface area contributed by atoms with Crippen LogP contribution in [0.15, 0.2) is 47.1 Å². The molecule has 27 heavy (non-hydrogen) atoms. The Balaban J connectivity index is 1.34. The third-order valence-corrected chi connectivity index (χ3v) is 5.19. The van der Waals surface area contributed by atoms with E-state index >= 15 is 0 Å². The minimum absolute atomic E-state index is 0.189. The summed E-state index contributed by atoms with van der Waals surface area (Å²) in [5.74, 6) is -0.848. The van der Waals surface area contributed by atoms with E-state index in [4.69, 9.17) is 4.42 Å². The first-order chi connectivity index (χ1) is 13.1. The molecule has 4 rings (SSSR count). The number of furan rings is 1. The molecule has 1 fully saturated rings. The molecule has 0 atom stereocenters. The number of benzene rings is 1. The third kappa shape index (κ3) is 3.45. The molecule has 0 N–H and O–H groups in total. The van der Waals surface area contributed by atoms with Gasteiger partial charge in [-0.15, -0.1) is 0 Å². The Morgan fingerprint density at radius 2 is 1.41 bits per heavy atom. The van der Waals surface area contributed by atoms with Gasteiger partial charge in [0, 0.05) is 39.3 Å². The standard InChI is InChI=1S/C20H21N3O4/c24-18(17-6-3-13-27-17)21-9-11-22(12-10-21)19(25)20(26)23-8-7-15-4-1-2-5-16(15)14-23/h1-6,13H,7-12,14H2. The molecule has 1 aromatic heterocycles. The Hall–Kier alpha value is -3.09. The molecule has 1 saturated heterocycles. The van der Waals surface area contributed by atoms with Crippen molar-refractivity contribution in [3.05, 3.63) is 59.5 Å². The minimum Gasteiger partial charge on any atom is -0.459 e. The second-order valence-electron chi connectivity index (χ2n) is 6.81. The van der Waals surface area contributed by atoms with Crippen molar-refractivity contribution in [1.82, 2.24) is 14.7 Å². The fourth-order valence-corrected chi connectivity index (χ4v) is 3.61. The van der Waals surface area contributed by atoms with Gasteiger partial charge in [0.1, 0.15) is 0 Å². The van der Waals surface area contributed by atoms with Crippen molar-refractivity contribution in [2.75, 3.05) is 32.7 Å². The van der Waals surface area contributed by atoms with Crippen molar-refractivity contribution >= 4 is 17.7 Å². The van der Waals surface area contributed by atoms with Gasteiger partial charge in [0.15, 0.2) is 5.76 Å². The lowest BCUT2D eigenvalue weighted by Crippen LogP contribution is -2.54. The highest BCUT2D eigenvalue weighted by Gasteiger charge is 2.32. The second kappa shape index (κ2) is 7.26. The molecule has 2 aromatic rings. The molecule has 0 unspecified atom stereocenters. The Labute approximate surface area is 157 Å². The number of rotatable bonds is 1. The predicted molar refractivity (Wildman–Crippen MR) is 96.8 cm³/mol. The number of piperazine rings is 1. The Morgan fingerprint density at radius 3 is 2.11 bits per heavy atom. The average molecular weight is 367 g/mol. The van der Waals surface area contributed by atoms with Gasteiger partial charge in [-0.2, -0.15) is 0 Å². The SMILES string of the molecule is O=C(C(=O)N1CCc2ccccc2C1)N1CCN(C(=O)c2ccco2)CC1. The van der Waals surface area contributed by atoms with Crippen LogP contribution in [0, 0.1) is 0 Å². The summed E-state index contributed by atoms with van der Waals surface area (Å²) in [5.41, 5.74) is 2.33. The molecule has 3 amide bonds. The van der Waals surface area contributed by atoms with Gasteiger partial charge in [-0.1, -0.05) is 24.3 Å². The van der Waals surface area contributed by atoms with Crippen molar-refractivity contribution in [3.8, 4) is 0 Å². The summed E-state index contributed by atoms with van der Waals surface area (Å²) in [6.07, 6.45) is 2.23. The molecule has 140 valence electrons. The van der Waals surface area contributed by atoms with Crippen LogP contribution in [-0.4, -0.2) is 65.1 Å². The molecule has 0 spiro atoms. The molecule has 0 bridgehead atoms.